The quantitative estimate of drug-likeness (QED) is 0.394. The molecule has 2 aromatic rings. The summed E-state index contributed by atoms with van der Waals surface area (Å²) in [7, 11) is 0. The van der Waals surface area contributed by atoms with Crippen LogP contribution in [-0.4, -0.2) is 14.8 Å². The van der Waals surface area contributed by atoms with Gasteiger partial charge in [0.2, 0.25) is 0 Å². The fraction of sp³-hybridized carbons (Fsp3) is 0.526. The normalized spacial score (nSPS) is 12.5. The second-order valence-corrected chi connectivity index (χ2v) is 8.22. The van der Waals surface area contributed by atoms with Crippen molar-refractivity contribution in [2.75, 3.05) is 0 Å². The maximum atomic E-state index is 6.12. The highest BCUT2D eigenvalue weighted by Crippen LogP contribution is 2.29. The van der Waals surface area contributed by atoms with Gasteiger partial charge in [0.25, 0.3) is 0 Å². The number of hydrogen-bond acceptors (Lipinski definition) is 2. The van der Waals surface area contributed by atoms with E-state index >= 15 is 0 Å². The number of nitrogens with zero attached hydrogens (tertiary/aromatic N) is 2. The molecule has 2 nitrogen and oxygen atoms in total. The summed E-state index contributed by atoms with van der Waals surface area (Å²) in [4.78, 5) is 4.13. The largest absolute Gasteiger partial charge is 0.337 e. The van der Waals surface area contributed by atoms with E-state index in [4.69, 9.17) is 23.2 Å². The number of halogens is 2. The molecule has 24 heavy (non-hydrogen) atoms. The molecule has 1 aromatic carbocycles. The number of thioether (sulfide) groups is 1. The molecule has 0 spiro atoms. The van der Waals surface area contributed by atoms with Gasteiger partial charge in [-0.2, -0.15) is 11.8 Å². The van der Waals surface area contributed by atoms with E-state index in [-0.39, 0.29) is 0 Å². The van der Waals surface area contributed by atoms with Crippen LogP contribution in [0.2, 0.25) is 10.0 Å². The molecule has 0 radical (unpaired) electrons. The molecule has 0 saturated heterocycles. The molecular formula is C19H26Cl2N2S. The van der Waals surface area contributed by atoms with Crippen LogP contribution in [0.5, 0.6) is 0 Å². The Hall–Kier alpha value is -0.640. The van der Waals surface area contributed by atoms with E-state index in [9.17, 15) is 0 Å². The summed E-state index contributed by atoms with van der Waals surface area (Å²) in [6, 6.07) is 5.95. The molecule has 2 rings (SSSR count). The average Bonchev–Trinajstić information content (AvgIpc) is 3.10. The molecule has 0 aliphatic rings. The van der Waals surface area contributed by atoms with Crippen LogP contribution in [0, 0.1) is 0 Å². The topological polar surface area (TPSA) is 17.8 Å². The van der Waals surface area contributed by atoms with Crippen molar-refractivity contribution in [2.45, 2.75) is 63.0 Å². The summed E-state index contributed by atoms with van der Waals surface area (Å²) >= 11 is 14.2. The summed E-state index contributed by atoms with van der Waals surface area (Å²) in [6.07, 6.45) is 13.5. The first-order valence-electron chi connectivity index (χ1n) is 8.70. The predicted octanol–water partition coefficient (Wildman–Crippen LogP) is 6.85. The molecule has 0 aliphatic carbocycles. The molecule has 0 saturated carbocycles. The molecule has 1 heterocycles. The van der Waals surface area contributed by atoms with Gasteiger partial charge < -0.3 is 4.57 Å². The molecule has 1 aromatic heterocycles. The standard InChI is InChI=1S/C19H26Cl2N2S/c1-2-3-4-5-6-17(9-11-23-12-10-22-15-23)24-14-16-7-8-18(20)19(21)13-16/h7-8,10,12-13,15,17H,2-6,9,11,14H2,1H3. The van der Waals surface area contributed by atoms with Gasteiger partial charge in [0.15, 0.2) is 0 Å². The SMILES string of the molecule is CCCCCCC(CCn1ccnc1)SCc1ccc(Cl)c(Cl)c1. The Kier molecular flexibility index (Phi) is 9.08. The van der Waals surface area contributed by atoms with Gasteiger partial charge in [-0.25, -0.2) is 4.98 Å². The Labute approximate surface area is 160 Å². The fourth-order valence-corrected chi connectivity index (χ4v) is 4.20. The van der Waals surface area contributed by atoms with E-state index in [1.807, 2.05) is 42.6 Å². The van der Waals surface area contributed by atoms with Gasteiger partial charge in [-0.15, -0.1) is 0 Å². The first-order valence-corrected chi connectivity index (χ1v) is 10.5. The van der Waals surface area contributed by atoms with E-state index in [1.54, 1.807) is 0 Å². The highest BCUT2D eigenvalue weighted by atomic mass is 35.5. The number of aromatic nitrogens is 2. The van der Waals surface area contributed by atoms with Crippen molar-refractivity contribution in [3.05, 3.63) is 52.5 Å². The van der Waals surface area contributed by atoms with Crippen LogP contribution in [0.25, 0.3) is 0 Å². The van der Waals surface area contributed by atoms with Gasteiger partial charge >= 0.3 is 0 Å². The minimum absolute atomic E-state index is 0.627. The van der Waals surface area contributed by atoms with Crippen LogP contribution in [-0.2, 0) is 12.3 Å². The van der Waals surface area contributed by atoms with E-state index < -0.39 is 0 Å². The van der Waals surface area contributed by atoms with Gasteiger partial charge in [-0.05, 0) is 30.5 Å². The van der Waals surface area contributed by atoms with Crippen LogP contribution in [0.3, 0.4) is 0 Å². The molecule has 132 valence electrons. The summed E-state index contributed by atoms with van der Waals surface area (Å²) in [6.45, 7) is 3.29. The number of rotatable bonds is 11. The van der Waals surface area contributed by atoms with Crippen molar-refractivity contribution in [2.24, 2.45) is 0 Å². The Balaban J connectivity index is 1.84. The highest BCUT2D eigenvalue weighted by molar-refractivity contribution is 7.99. The number of aryl methyl sites for hydroxylation is 1. The molecule has 1 atom stereocenters. The minimum Gasteiger partial charge on any atom is -0.337 e. The van der Waals surface area contributed by atoms with Gasteiger partial charge in [0, 0.05) is 29.9 Å². The van der Waals surface area contributed by atoms with E-state index in [0.717, 1.165) is 12.3 Å². The lowest BCUT2D eigenvalue weighted by Gasteiger charge is -2.17. The Morgan fingerprint density at radius 2 is 2.00 bits per heavy atom. The van der Waals surface area contributed by atoms with Crippen LogP contribution >= 0.6 is 35.0 Å². The number of benzene rings is 1. The molecule has 0 aliphatic heterocycles. The molecule has 0 fully saturated rings. The maximum absolute atomic E-state index is 6.12. The first kappa shape index (κ1) is 19.7. The fourth-order valence-electron chi connectivity index (χ4n) is 2.67. The first-order chi connectivity index (χ1) is 11.7. The number of hydrogen-bond donors (Lipinski definition) is 0. The average molecular weight is 385 g/mol. The van der Waals surface area contributed by atoms with Crippen molar-refractivity contribution in [3.63, 3.8) is 0 Å². The third-order valence-corrected chi connectivity index (χ3v) is 6.30. The number of imidazole rings is 1. The number of unbranched alkanes of at least 4 members (excludes halogenated alkanes) is 3. The molecule has 0 amide bonds. The summed E-state index contributed by atoms with van der Waals surface area (Å²) in [5, 5.41) is 1.94. The lowest BCUT2D eigenvalue weighted by atomic mass is 10.1. The third-order valence-electron chi connectivity index (χ3n) is 4.12. The second-order valence-electron chi connectivity index (χ2n) is 6.12. The zero-order chi connectivity index (χ0) is 17.2. The van der Waals surface area contributed by atoms with Crippen molar-refractivity contribution < 1.29 is 0 Å². The zero-order valence-electron chi connectivity index (χ0n) is 14.3. The van der Waals surface area contributed by atoms with E-state index in [1.165, 1.54) is 44.1 Å². The molecule has 1 unspecified atom stereocenters. The van der Waals surface area contributed by atoms with Crippen molar-refractivity contribution in [1.29, 1.82) is 0 Å². The maximum Gasteiger partial charge on any atom is 0.0945 e. The van der Waals surface area contributed by atoms with Crippen LogP contribution in [0.15, 0.2) is 36.9 Å². The molecule has 0 N–H and O–H groups in total. The predicted molar refractivity (Wildman–Crippen MR) is 107 cm³/mol. The highest BCUT2D eigenvalue weighted by Gasteiger charge is 2.11. The van der Waals surface area contributed by atoms with Crippen molar-refractivity contribution in [1.82, 2.24) is 9.55 Å². The van der Waals surface area contributed by atoms with E-state index in [2.05, 4.69) is 22.5 Å². The van der Waals surface area contributed by atoms with E-state index in [0.29, 0.717) is 15.3 Å². The lowest BCUT2D eigenvalue weighted by molar-refractivity contribution is 0.560. The van der Waals surface area contributed by atoms with Gasteiger partial charge in [0.1, 0.15) is 0 Å². The lowest BCUT2D eigenvalue weighted by Crippen LogP contribution is -2.08. The van der Waals surface area contributed by atoms with Gasteiger partial charge in [0.05, 0.1) is 16.4 Å². The molecule has 5 heteroatoms. The second kappa shape index (κ2) is 11.1. The summed E-state index contributed by atoms with van der Waals surface area (Å²) < 4.78 is 2.17. The Morgan fingerprint density at radius 3 is 2.71 bits per heavy atom. The van der Waals surface area contributed by atoms with Gasteiger partial charge in [-0.3, -0.25) is 0 Å². The van der Waals surface area contributed by atoms with Crippen LogP contribution < -0.4 is 0 Å². The van der Waals surface area contributed by atoms with Crippen LogP contribution in [0.1, 0.15) is 51.0 Å². The van der Waals surface area contributed by atoms with Crippen molar-refractivity contribution >= 4 is 35.0 Å². The smallest absolute Gasteiger partial charge is 0.0945 e. The van der Waals surface area contributed by atoms with Crippen molar-refractivity contribution in [3.8, 4) is 0 Å². The molecule has 0 bridgehead atoms. The summed E-state index contributed by atoms with van der Waals surface area (Å²) in [5.74, 6) is 0.985. The monoisotopic (exact) mass is 384 g/mol. The minimum atomic E-state index is 0.627. The third kappa shape index (κ3) is 7.08. The van der Waals surface area contributed by atoms with Gasteiger partial charge in [-0.1, -0.05) is 61.9 Å². The Morgan fingerprint density at radius 1 is 1.12 bits per heavy atom. The summed E-state index contributed by atoms with van der Waals surface area (Å²) in [5.41, 5.74) is 1.25. The zero-order valence-corrected chi connectivity index (χ0v) is 16.6. The molecular weight excluding hydrogens is 359 g/mol. The van der Waals surface area contributed by atoms with Crippen LogP contribution in [0.4, 0.5) is 0 Å². The Bertz CT molecular complexity index is 587.